The van der Waals surface area contributed by atoms with Crippen molar-refractivity contribution in [2.75, 3.05) is 6.61 Å². The average Bonchev–Trinajstić information content (AvgIpc) is 2.83. The summed E-state index contributed by atoms with van der Waals surface area (Å²) in [4.78, 5) is 23.2. The Hall–Kier alpha value is -1.44. The van der Waals surface area contributed by atoms with Gasteiger partial charge in [0.05, 0.1) is 6.61 Å². The van der Waals surface area contributed by atoms with Crippen LogP contribution in [0.1, 0.15) is 27.2 Å². The van der Waals surface area contributed by atoms with Crippen LogP contribution in [0.2, 0.25) is 0 Å². The zero-order chi connectivity index (χ0) is 15.8. The smallest absolute Gasteiger partial charge is 0.339 e. The standard InChI is InChI=1S/C14H20O7/c1-5-6-14(20-8(2)15)10(16)12(17)19-11(14)9-7-18-13(3,4)21-9/h5,9-11,16H,1,6-7H2,2-4H3/t9-,10?,11+,14+/m0/s1. The van der Waals surface area contributed by atoms with Gasteiger partial charge in [-0.3, -0.25) is 4.79 Å². The number of carbonyl (C=O) groups excluding carboxylic acids is 2. The molecular formula is C14H20O7. The Kier molecular flexibility index (Phi) is 4.10. The van der Waals surface area contributed by atoms with Gasteiger partial charge in [0.25, 0.3) is 0 Å². The van der Waals surface area contributed by atoms with Gasteiger partial charge >= 0.3 is 11.9 Å². The van der Waals surface area contributed by atoms with Gasteiger partial charge in [0.1, 0.15) is 6.10 Å². The lowest BCUT2D eigenvalue weighted by atomic mass is 9.86. The van der Waals surface area contributed by atoms with Crippen LogP contribution in [0.15, 0.2) is 12.7 Å². The molecule has 0 amide bonds. The van der Waals surface area contributed by atoms with Crippen molar-refractivity contribution >= 4 is 11.9 Å². The fourth-order valence-corrected chi connectivity index (χ4v) is 2.78. The largest absolute Gasteiger partial charge is 0.453 e. The van der Waals surface area contributed by atoms with Crippen molar-refractivity contribution in [2.45, 2.75) is 56.9 Å². The van der Waals surface area contributed by atoms with Crippen LogP contribution in [0.3, 0.4) is 0 Å². The quantitative estimate of drug-likeness (QED) is 0.590. The van der Waals surface area contributed by atoms with E-state index in [-0.39, 0.29) is 13.0 Å². The molecule has 1 N–H and O–H groups in total. The summed E-state index contributed by atoms with van der Waals surface area (Å²) in [5, 5.41) is 10.2. The zero-order valence-corrected chi connectivity index (χ0v) is 12.3. The van der Waals surface area contributed by atoms with Crippen molar-refractivity contribution in [3.63, 3.8) is 0 Å². The van der Waals surface area contributed by atoms with Crippen molar-refractivity contribution in [1.82, 2.24) is 0 Å². The zero-order valence-electron chi connectivity index (χ0n) is 12.3. The van der Waals surface area contributed by atoms with E-state index < -0.39 is 41.6 Å². The first-order valence-electron chi connectivity index (χ1n) is 6.72. The number of ether oxygens (including phenoxy) is 4. The van der Waals surface area contributed by atoms with Gasteiger partial charge in [0.15, 0.2) is 23.6 Å². The highest BCUT2D eigenvalue weighted by molar-refractivity contribution is 5.80. The Morgan fingerprint density at radius 2 is 2.24 bits per heavy atom. The van der Waals surface area contributed by atoms with Crippen LogP contribution < -0.4 is 0 Å². The number of cyclic esters (lactones) is 1. The Morgan fingerprint density at radius 3 is 2.71 bits per heavy atom. The van der Waals surface area contributed by atoms with Gasteiger partial charge in [0, 0.05) is 13.3 Å². The molecule has 4 atom stereocenters. The minimum Gasteiger partial charge on any atom is -0.453 e. The molecule has 0 aromatic heterocycles. The minimum atomic E-state index is -1.59. The second kappa shape index (κ2) is 5.40. The number of hydrogen-bond donors (Lipinski definition) is 1. The summed E-state index contributed by atoms with van der Waals surface area (Å²) in [6, 6.07) is 0. The van der Waals surface area contributed by atoms with Crippen LogP contribution >= 0.6 is 0 Å². The first kappa shape index (κ1) is 15.9. The first-order chi connectivity index (χ1) is 9.72. The SMILES string of the molecule is C=CC[C@@]1(OC(C)=O)C(O)C(=O)O[C@@H]1[C@@H]1COC(C)(C)O1. The molecule has 0 aromatic rings. The molecule has 7 heteroatoms. The molecule has 2 heterocycles. The van der Waals surface area contributed by atoms with Crippen LogP contribution in [0.25, 0.3) is 0 Å². The van der Waals surface area contributed by atoms with Crippen molar-refractivity contribution < 1.29 is 33.6 Å². The summed E-state index contributed by atoms with van der Waals surface area (Å²) in [6.45, 7) is 8.40. The number of aliphatic hydroxyl groups excluding tert-OH is 1. The monoisotopic (exact) mass is 300 g/mol. The molecular weight excluding hydrogens is 280 g/mol. The summed E-state index contributed by atoms with van der Waals surface area (Å²) in [7, 11) is 0. The maximum absolute atomic E-state index is 11.8. The Bertz CT molecular complexity index is 458. The number of aliphatic hydroxyl groups is 1. The van der Waals surface area contributed by atoms with E-state index in [2.05, 4.69) is 6.58 Å². The van der Waals surface area contributed by atoms with Gasteiger partial charge in [-0.2, -0.15) is 0 Å². The molecule has 0 spiro atoms. The lowest BCUT2D eigenvalue weighted by Gasteiger charge is -2.35. The van der Waals surface area contributed by atoms with E-state index >= 15 is 0 Å². The van der Waals surface area contributed by atoms with Crippen molar-refractivity contribution in [3.8, 4) is 0 Å². The third kappa shape index (κ3) is 2.81. The second-order valence-electron chi connectivity index (χ2n) is 5.67. The fourth-order valence-electron chi connectivity index (χ4n) is 2.78. The summed E-state index contributed by atoms with van der Waals surface area (Å²) < 4.78 is 21.6. The molecule has 0 saturated carbocycles. The molecule has 2 rings (SSSR count). The predicted molar refractivity (Wildman–Crippen MR) is 70.1 cm³/mol. The van der Waals surface area contributed by atoms with E-state index in [0.717, 1.165) is 0 Å². The average molecular weight is 300 g/mol. The highest BCUT2D eigenvalue weighted by Gasteiger charge is 2.63. The maximum atomic E-state index is 11.8. The van der Waals surface area contributed by atoms with E-state index in [1.54, 1.807) is 13.8 Å². The lowest BCUT2D eigenvalue weighted by Crippen LogP contribution is -2.55. The normalized spacial score (nSPS) is 38.1. The van der Waals surface area contributed by atoms with Crippen molar-refractivity contribution in [2.24, 2.45) is 0 Å². The number of rotatable bonds is 4. The minimum absolute atomic E-state index is 0.0600. The third-order valence-electron chi connectivity index (χ3n) is 3.58. The molecule has 2 fully saturated rings. The summed E-state index contributed by atoms with van der Waals surface area (Å²) in [6.07, 6.45) is -1.66. The van der Waals surface area contributed by atoms with Crippen LogP contribution in [0.4, 0.5) is 0 Å². The highest BCUT2D eigenvalue weighted by Crippen LogP contribution is 2.40. The molecule has 0 bridgehead atoms. The number of carbonyl (C=O) groups is 2. The molecule has 2 saturated heterocycles. The summed E-state index contributed by atoms with van der Waals surface area (Å²) in [5.74, 6) is -2.31. The van der Waals surface area contributed by atoms with Gasteiger partial charge in [-0.25, -0.2) is 4.79 Å². The van der Waals surface area contributed by atoms with E-state index in [1.807, 2.05) is 0 Å². The second-order valence-corrected chi connectivity index (χ2v) is 5.67. The Balaban J connectivity index is 2.34. The topological polar surface area (TPSA) is 91.3 Å². The fraction of sp³-hybridized carbons (Fsp3) is 0.714. The van der Waals surface area contributed by atoms with E-state index in [9.17, 15) is 14.7 Å². The van der Waals surface area contributed by atoms with Gasteiger partial charge in [0.2, 0.25) is 0 Å². The molecule has 0 radical (unpaired) electrons. The molecule has 118 valence electrons. The number of esters is 2. The highest BCUT2D eigenvalue weighted by atomic mass is 16.8. The van der Waals surface area contributed by atoms with Gasteiger partial charge < -0.3 is 24.1 Å². The summed E-state index contributed by atoms with van der Waals surface area (Å²) in [5.41, 5.74) is -1.54. The molecule has 0 aliphatic carbocycles. The maximum Gasteiger partial charge on any atom is 0.339 e. The molecule has 21 heavy (non-hydrogen) atoms. The van der Waals surface area contributed by atoms with E-state index in [1.165, 1.54) is 13.0 Å². The molecule has 1 unspecified atom stereocenters. The Morgan fingerprint density at radius 1 is 1.57 bits per heavy atom. The molecule has 7 nitrogen and oxygen atoms in total. The first-order valence-corrected chi connectivity index (χ1v) is 6.72. The van der Waals surface area contributed by atoms with Crippen molar-refractivity contribution in [3.05, 3.63) is 12.7 Å². The van der Waals surface area contributed by atoms with Crippen molar-refractivity contribution in [1.29, 1.82) is 0 Å². The van der Waals surface area contributed by atoms with Gasteiger partial charge in [-0.05, 0) is 13.8 Å². The molecule has 2 aliphatic rings. The third-order valence-corrected chi connectivity index (χ3v) is 3.58. The summed E-state index contributed by atoms with van der Waals surface area (Å²) >= 11 is 0. The van der Waals surface area contributed by atoms with Crippen LogP contribution in [-0.2, 0) is 28.5 Å². The molecule has 0 aromatic carbocycles. The van der Waals surface area contributed by atoms with Gasteiger partial charge in [-0.15, -0.1) is 6.58 Å². The van der Waals surface area contributed by atoms with Crippen LogP contribution in [0.5, 0.6) is 0 Å². The van der Waals surface area contributed by atoms with E-state index in [0.29, 0.717) is 0 Å². The Labute approximate surface area is 122 Å². The van der Waals surface area contributed by atoms with Gasteiger partial charge in [-0.1, -0.05) is 6.08 Å². The van der Waals surface area contributed by atoms with E-state index in [4.69, 9.17) is 18.9 Å². The van der Waals surface area contributed by atoms with Crippen LogP contribution in [0, 0.1) is 0 Å². The molecule has 2 aliphatic heterocycles. The lowest BCUT2D eigenvalue weighted by molar-refractivity contribution is -0.192. The predicted octanol–water partition coefficient (Wildman–Crippen LogP) is 0.302. The number of hydrogen-bond acceptors (Lipinski definition) is 7. The van der Waals surface area contributed by atoms with Crippen LogP contribution in [-0.4, -0.2) is 53.4 Å².